The number of aliphatic hydroxyl groups is 1. The number of hydrogen-bond acceptors (Lipinski definition) is 3. The van der Waals surface area contributed by atoms with Crippen LogP contribution in [0.2, 0.25) is 0 Å². The van der Waals surface area contributed by atoms with E-state index < -0.39 is 0 Å². The van der Waals surface area contributed by atoms with Gasteiger partial charge in [0.05, 0.1) is 6.61 Å². The lowest BCUT2D eigenvalue weighted by molar-refractivity contribution is 0.0536. The molecule has 0 unspecified atom stereocenters. The zero-order chi connectivity index (χ0) is 14.4. The van der Waals surface area contributed by atoms with Crippen molar-refractivity contribution in [1.82, 2.24) is 10.2 Å². The van der Waals surface area contributed by atoms with E-state index in [2.05, 4.69) is 24.1 Å². The second-order valence-corrected chi connectivity index (χ2v) is 7.51. The summed E-state index contributed by atoms with van der Waals surface area (Å²) >= 11 is 0. The van der Waals surface area contributed by atoms with Crippen molar-refractivity contribution >= 4 is 0 Å². The van der Waals surface area contributed by atoms with Gasteiger partial charge in [-0.05, 0) is 43.6 Å². The molecule has 0 aromatic rings. The largest absolute Gasteiger partial charge is 0.395 e. The average Bonchev–Trinajstić information content (AvgIpc) is 2.75. The minimum Gasteiger partial charge on any atom is -0.395 e. The van der Waals surface area contributed by atoms with Gasteiger partial charge in [0.25, 0.3) is 0 Å². The second-order valence-electron chi connectivity index (χ2n) is 7.51. The van der Waals surface area contributed by atoms with Crippen molar-refractivity contribution in [2.24, 2.45) is 11.3 Å². The summed E-state index contributed by atoms with van der Waals surface area (Å²) in [5.41, 5.74) is 0.472. The maximum absolute atomic E-state index is 9.35. The molecule has 0 saturated heterocycles. The van der Waals surface area contributed by atoms with Crippen LogP contribution in [0.5, 0.6) is 0 Å². The molecule has 2 rings (SSSR count). The van der Waals surface area contributed by atoms with Crippen LogP contribution in [0.1, 0.15) is 58.8 Å². The fourth-order valence-corrected chi connectivity index (χ4v) is 3.84. The van der Waals surface area contributed by atoms with Gasteiger partial charge in [0.2, 0.25) is 0 Å². The average molecular weight is 282 g/mol. The summed E-state index contributed by atoms with van der Waals surface area (Å²) in [4.78, 5) is 2.59. The third kappa shape index (κ3) is 4.44. The highest BCUT2D eigenvalue weighted by Gasteiger charge is 2.37. The van der Waals surface area contributed by atoms with E-state index in [0.717, 1.165) is 25.0 Å². The van der Waals surface area contributed by atoms with Crippen LogP contribution in [0.25, 0.3) is 0 Å². The molecule has 2 N–H and O–H groups in total. The predicted octanol–water partition coefficient (Wildman–Crippen LogP) is 2.64. The molecule has 20 heavy (non-hydrogen) atoms. The fraction of sp³-hybridized carbons (Fsp3) is 1.00. The molecule has 0 atom stereocenters. The molecule has 2 aliphatic carbocycles. The van der Waals surface area contributed by atoms with Crippen molar-refractivity contribution in [3.05, 3.63) is 0 Å². The molecule has 2 saturated carbocycles. The van der Waals surface area contributed by atoms with Gasteiger partial charge in [-0.3, -0.25) is 4.90 Å². The molecule has 0 aliphatic heterocycles. The standard InChI is InChI=1S/C17H34N2O/c1-15(2)12-18-13-17(8-3-4-9-17)14-19(10-11-20)16-6-5-7-16/h15-16,18,20H,3-14H2,1-2H3. The third-order valence-electron chi connectivity index (χ3n) is 5.23. The molecule has 0 spiro atoms. The summed E-state index contributed by atoms with van der Waals surface area (Å²) in [6, 6.07) is 0.754. The van der Waals surface area contributed by atoms with Gasteiger partial charge >= 0.3 is 0 Å². The van der Waals surface area contributed by atoms with Crippen molar-refractivity contribution in [2.75, 3.05) is 32.8 Å². The normalized spacial score (nSPS) is 22.6. The van der Waals surface area contributed by atoms with Crippen LogP contribution >= 0.6 is 0 Å². The van der Waals surface area contributed by atoms with Gasteiger partial charge in [-0.1, -0.05) is 33.1 Å². The number of nitrogens with zero attached hydrogens (tertiary/aromatic N) is 1. The maximum Gasteiger partial charge on any atom is 0.0558 e. The Kier molecular flexibility index (Phi) is 6.31. The first-order valence-corrected chi connectivity index (χ1v) is 8.71. The van der Waals surface area contributed by atoms with E-state index >= 15 is 0 Å². The van der Waals surface area contributed by atoms with Crippen LogP contribution in [-0.2, 0) is 0 Å². The molecule has 0 aromatic heterocycles. The first-order chi connectivity index (χ1) is 9.65. The van der Waals surface area contributed by atoms with E-state index in [1.807, 2.05) is 0 Å². The van der Waals surface area contributed by atoms with Crippen molar-refractivity contribution in [2.45, 2.75) is 64.8 Å². The van der Waals surface area contributed by atoms with Gasteiger partial charge in [0, 0.05) is 25.7 Å². The van der Waals surface area contributed by atoms with Crippen LogP contribution < -0.4 is 5.32 Å². The molecule has 2 fully saturated rings. The Labute approximate surface area is 125 Å². The molecule has 118 valence electrons. The van der Waals surface area contributed by atoms with Crippen molar-refractivity contribution in [3.8, 4) is 0 Å². The molecule has 3 nitrogen and oxygen atoms in total. The Morgan fingerprint density at radius 3 is 2.40 bits per heavy atom. The Morgan fingerprint density at radius 1 is 1.20 bits per heavy atom. The minimum absolute atomic E-state index is 0.312. The molecule has 0 aromatic carbocycles. The summed E-state index contributed by atoms with van der Waals surface area (Å²) in [6.07, 6.45) is 9.58. The second kappa shape index (κ2) is 7.77. The van der Waals surface area contributed by atoms with E-state index in [1.54, 1.807) is 0 Å². The molecular formula is C17H34N2O. The first kappa shape index (κ1) is 16.3. The number of rotatable bonds is 9. The third-order valence-corrected chi connectivity index (χ3v) is 5.23. The van der Waals surface area contributed by atoms with E-state index in [0.29, 0.717) is 12.0 Å². The highest BCUT2D eigenvalue weighted by atomic mass is 16.3. The quantitative estimate of drug-likeness (QED) is 0.682. The minimum atomic E-state index is 0.312. The summed E-state index contributed by atoms with van der Waals surface area (Å²) in [7, 11) is 0. The van der Waals surface area contributed by atoms with Crippen LogP contribution in [0.4, 0.5) is 0 Å². The molecule has 3 heteroatoms. The topological polar surface area (TPSA) is 35.5 Å². The first-order valence-electron chi connectivity index (χ1n) is 8.71. The van der Waals surface area contributed by atoms with Gasteiger partial charge < -0.3 is 10.4 Å². The Balaban J connectivity index is 1.88. The van der Waals surface area contributed by atoms with Gasteiger partial charge in [-0.25, -0.2) is 0 Å². The molecule has 0 amide bonds. The monoisotopic (exact) mass is 282 g/mol. The molecule has 0 heterocycles. The highest BCUT2D eigenvalue weighted by molar-refractivity contribution is 4.92. The number of aliphatic hydroxyl groups excluding tert-OH is 1. The summed E-state index contributed by atoms with van der Waals surface area (Å²) < 4.78 is 0. The lowest BCUT2D eigenvalue weighted by Crippen LogP contribution is -2.50. The summed E-state index contributed by atoms with van der Waals surface area (Å²) in [5.74, 6) is 0.730. The molecule has 0 bridgehead atoms. The van der Waals surface area contributed by atoms with E-state index in [9.17, 15) is 5.11 Å². The van der Waals surface area contributed by atoms with Crippen molar-refractivity contribution in [1.29, 1.82) is 0 Å². The van der Waals surface area contributed by atoms with Crippen molar-refractivity contribution in [3.63, 3.8) is 0 Å². The lowest BCUT2D eigenvalue weighted by atomic mass is 9.82. The van der Waals surface area contributed by atoms with Crippen LogP contribution in [0, 0.1) is 11.3 Å². The zero-order valence-corrected chi connectivity index (χ0v) is 13.5. The van der Waals surface area contributed by atoms with Crippen LogP contribution in [-0.4, -0.2) is 48.8 Å². The Bertz CT molecular complexity index is 270. The lowest BCUT2D eigenvalue weighted by Gasteiger charge is -2.43. The number of hydrogen-bond donors (Lipinski definition) is 2. The molecular weight excluding hydrogens is 248 g/mol. The SMILES string of the molecule is CC(C)CNCC1(CN(CCO)C2CCC2)CCCC1. The Hall–Kier alpha value is -0.120. The molecule has 0 radical (unpaired) electrons. The van der Waals surface area contributed by atoms with E-state index in [-0.39, 0.29) is 0 Å². The predicted molar refractivity (Wildman–Crippen MR) is 84.9 cm³/mol. The van der Waals surface area contributed by atoms with Gasteiger partial charge in [-0.2, -0.15) is 0 Å². The van der Waals surface area contributed by atoms with E-state index in [1.165, 1.54) is 58.0 Å². The number of nitrogens with one attached hydrogen (secondary N) is 1. The van der Waals surface area contributed by atoms with Crippen LogP contribution in [0.15, 0.2) is 0 Å². The zero-order valence-electron chi connectivity index (χ0n) is 13.5. The maximum atomic E-state index is 9.35. The van der Waals surface area contributed by atoms with Crippen molar-refractivity contribution < 1.29 is 5.11 Å². The fourth-order valence-electron chi connectivity index (χ4n) is 3.84. The van der Waals surface area contributed by atoms with E-state index in [4.69, 9.17) is 0 Å². The van der Waals surface area contributed by atoms with Crippen LogP contribution in [0.3, 0.4) is 0 Å². The van der Waals surface area contributed by atoms with Gasteiger partial charge in [-0.15, -0.1) is 0 Å². The van der Waals surface area contributed by atoms with Gasteiger partial charge in [0.15, 0.2) is 0 Å². The summed E-state index contributed by atoms with van der Waals surface area (Å²) in [6.45, 7) is 9.23. The van der Waals surface area contributed by atoms with Gasteiger partial charge in [0.1, 0.15) is 0 Å². The highest BCUT2D eigenvalue weighted by Crippen LogP contribution is 2.40. The summed E-state index contributed by atoms with van der Waals surface area (Å²) in [5, 5.41) is 13.1. The molecule has 2 aliphatic rings. The smallest absolute Gasteiger partial charge is 0.0558 e. The Morgan fingerprint density at radius 2 is 1.90 bits per heavy atom.